The normalized spacial score (nSPS) is 11.6. The summed E-state index contributed by atoms with van der Waals surface area (Å²) < 4.78 is 28.4. The molecule has 0 fully saturated rings. The van der Waals surface area contributed by atoms with Crippen molar-refractivity contribution in [2.75, 3.05) is 11.6 Å². The minimum atomic E-state index is -3.52. The van der Waals surface area contributed by atoms with Crippen molar-refractivity contribution in [3.05, 3.63) is 70.3 Å². The van der Waals surface area contributed by atoms with E-state index in [0.717, 1.165) is 11.8 Å². The number of rotatable bonds is 7. The van der Waals surface area contributed by atoms with Crippen molar-refractivity contribution in [2.45, 2.75) is 10.9 Å². The summed E-state index contributed by atoms with van der Waals surface area (Å²) in [5.74, 6) is -0.0982. The van der Waals surface area contributed by atoms with Crippen LogP contribution in [0.15, 0.2) is 58.4 Å². The highest BCUT2D eigenvalue weighted by Gasteiger charge is 2.17. The molecule has 31 heavy (non-hydrogen) atoms. The molecule has 0 atom stereocenters. The first-order chi connectivity index (χ1) is 14.7. The number of nitrogens with zero attached hydrogens (tertiary/aromatic N) is 3. The molecule has 3 rings (SSSR count). The second-order valence-corrected chi connectivity index (χ2v) is 9.86. The smallest absolute Gasteiger partial charge is 0.268 e. The molecule has 0 spiro atoms. The molecule has 0 saturated carbocycles. The zero-order valence-electron chi connectivity index (χ0n) is 16.1. The van der Waals surface area contributed by atoms with Gasteiger partial charge in [0.1, 0.15) is 24.0 Å². The van der Waals surface area contributed by atoms with Gasteiger partial charge in [-0.15, -0.1) is 10.2 Å². The molecular weight excluding hydrogens is 460 g/mol. The highest BCUT2D eigenvalue weighted by molar-refractivity contribution is 7.92. The maximum Gasteiger partial charge on any atom is 0.268 e. The first-order valence-corrected chi connectivity index (χ1v) is 11.8. The summed E-state index contributed by atoms with van der Waals surface area (Å²) in [5, 5.41) is 19.4. The third-order valence-electron chi connectivity index (χ3n) is 3.82. The highest BCUT2D eigenvalue weighted by Crippen LogP contribution is 2.21. The number of halogens is 1. The molecule has 1 aromatic heterocycles. The fourth-order valence-corrected chi connectivity index (χ4v) is 3.93. The van der Waals surface area contributed by atoms with E-state index in [1.165, 1.54) is 6.08 Å². The first kappa shape index (κ1) is 22.4. The Hall–Kier alpha value is -3.26. The van der Waals surface area contributed by atoms with Gasteiger partial charge < -0.3 is 4.74 Å². The van der Waals surface area contributed by atoms with Crippen LogP contribution in [0.3, 0.4) is 0 Å². The standard InChI is InChI=1S/C20H15ClN4O4S2/c1-31(27,28)20-25-24-19(30-20)23-18(26)15(11-22)10-13-4-8-17(9-5-13)29-12-14-2-6-16(21)7-3-14/h2-10H,12H2,1H3,(H,23,24,26)/b15-10-. The maximum atomic E-state index is 12.3. The zero-order valence-corrected chi connectivity index (χ0v) is 18.5. The summed E-state index contributed by atoms with van der Waals surface area (Å²) in [6.07, 6.45) is 2.39. The number of sulfone groups is 1. The highest BCUT2D eigenvalue weighted by atomic mass is 35.5. The SMILES string of the molecule is CS(=O)(=O)c1nnc(NC(=O)/C(C#N)=C\c2ccc(OCc3ccc(Cl)cc3)cc2)s1. The van der Waals surface area contributed by atoms with Gasteiger partial charge in [-0.25, -0.2) is 8.42 Å². The predicted octanol–water partition coefficient (Wildman–Crippen LogP) is 3.72. The van der Waals surface area contributed by atoms with E-state index in [1.54, 1.807) is 36.4 Å². The van der Waals surface area contributed by atoms with E-state index in [2.05, 4.69) is 15.5 Å². The van der Waals surface area contributed by atoms with Gasteiger partial charge in [0.2, 0.25) is 19.3 Å². The molecule has 1 N–H and O–H groups in total. The van der Waals surface area contributed by atoms with Gasteiger partial charge >= 0.3 is 0 Å². The van der Waals surface area contributed by atoms with Crippen molar-refractivity contribution < 1.29 is 17.9 Å². The van der Waals surface area contributed by atoms with Crippen molar-refractivity contribution in [1.29, 1.82) is 5.26 Å². The van der Waals surface area contributed by atoms with Gasteiger partial charge in [0.05, 0.1) is 0 Å². The van der Waals surface area contributed by atoms with Crippen LogP contribution >= 0.6 is 22.9 Å². The summed E-state index contributed by atoms with van der Waals surface area (Å²) in [5.41, 5.74) is 1.40. The first-order valence-electron chi connectivity index (χ1n) is 8.68. The number of hydrogen-bond acceptors (Lipinski definition) is 8. The topological polar surface area (TPSA) is 122 Å². The molecule has 3 aromatic rings. The molecule has 0 unspecified atom stereocenters. The lowest BCUT2D eigenvalue weighted by atomic mass is 10.1. The monoisotopic (exact) mass is 474 g/mol. The summed E-state index contributed by atoms with van der Waals surface area (Å²) >= 11 is 6.56. The lowest BCUT2D eigenvalue weighted by Gasteiger charge is -2.07. The van der Waals surface area contributed by atoms with Crippen molar-refractivity contribution in [1.82, 2.24) is 10.2 Å². The number of carbonyl (C=O) groups is 1. The van der Waals surface area contributed by atoms with Crippen LogP contribution in [0.4, 0.5) is 5.13 Å². The average molecular weight is 475 g/mol. The Bertz CT molecular complexity index is 1260. The molecule has 1 amide bonds. The molecule has 0 bridgehead atoms. The van der Waals surface area contributed by atoms with Gasteiger partial charge in [-0.05, 0) is 41.5 Å². The van der Waals surface area contributed by atoms with Crippen molar-refractivity contribution in [3.63, 3.8) is 0 Å². The molecule has 11 heteroatoms. The van der Waals surface area contributed by atoms with Crippen LogP contribution in [-0.2, 0) is 21.2 Å². The lowest BCUT2D eigenvalue weighted by molar-refractivity contribution is -0.112. The number of anilines is 1. The Morgan fingerprint density at radius 3 is 2.45 bits per heavy atom. The number of nitrogens with one attached hydrogen (secondary N) is 1. The van der Waals surface area contributed by atoms with Gasteiger partial charge in [0.15, 0.2) is 0 Å². The van der Waals surface area contributed by atoms with Gasteiger partial charge in [-0.2, -0.15) is 5.26 Å². The second kappa shape index (κ2) is 9.70. The van der Waals surface area contributed by atoms with Crippen LogP contribution in [0.1, 0.15) is 11.1 Å². The van der Waals surface area contributed by atoms with Crippen LogP contribution in [-0.4, -0.2) is 30.8 Å². The fraction of sp³-hybridized carbons (Fsp3) is 0.100. The Balaban J connectivity index is 1.64. The molecule has 2 aromatic carbocycles. The molecule has 0 aliphatic heterocycles. The van der Waals surface area contributed by atoms with Crippen molar-refractivity contribution in [2.24, 2.45) is 0 Å². The van der Waals surface area contributed by atoms with Crippen LogP contribution in [0.2, 0.25) is 5.02 Å². The number of ether oxygens (including phenoxy) is 1. The number of nitriles is 1. The molecular formula is C20H15ClN4O4S2. The molecule has 0 aliphatic carbocycles. The Labute approximate surface area is 187 Å². The van der Waals surface area contributed by atoms with E-state index in [0.29, 0.717) is 34.3 Å². The largest absolute Gasteiger partial charge is 0.489 e. The number of benzene rings is 2. The van der Waals surface area contributed by atoms with E-state index in [-0.39, 0.29) is 15.0 Å². The molecule has 0 radical (unpaired) electrons. The van der Waals surface area contributed by atoms with Crippen LogP contribution < -0.4 is 10.1 Å². The molecule has 158 valence electrons. The van der Waals surface area contributed by atoms with Crippen LogP contribution in [0, 0.1) is 11.3 Å². The molecule has 1 heterocycles. The van der Waals surface area contributed by atoms with Gasteiger partial charge in [0, 0.05) is 11.3 Å². The zero-order chi connectivity index (χ0) is 22.4. The Morgan fingerprint density at radius 1 is 1.19 bits per heavy atom. The predicted molar refractivity (Wildman–Crippen MR) is 117 cm³/mol. The maximum absolute atomic E-state index is 12.3. The number of amides is 1. The minimum Gasteiger partial charge on any atom is -0.489 e. The molecule has 0 saturated heterocycles. The van der Waals surface area contributed by atoms with Crippen LogP contribution in [0.5, 0.6) is 5.75 Å². The fourth-order valence-electron chi connectivity index (χ4n) is 2.30. The van der Waals surface area contributed by atoms with E-state index < -0.39 is 15.7 Å². The third-order valence-corrected chi connectivity index (χ3v) is 6.58. The Kier molecular flexibility index (Phi) is 7.02. The summed E-state index contributed by atoms with van der Waals surface area (Å²) in [4.78, 5) is 12.3. The van der Waals surface area contributed by atoms with Crippen molar-refractivity contribution in [3.8, 4) is 11.8 Å². The van der Waals surface area contributed by atoms with Crippen LogP contribution in [0.25, 0.3) is 6.08 Å². The third kappa shape index (κ3) is 6.36. The Morgan fingerprint density at radius 2 is 1.87 bits per heavy atom. The van der Waals surface area contributed by atoms with E-state index in [1.807, 2.05) is 18.2 Å². The molecule has 8 nitrogen and oxygen atoms in total. The van der Waals surface area contributed by atoms with Gasteiger partial charge in [-0.1, -0.05) is 47.2 Å². The van der Waals surface area contributed by atoms with E-state index in [9.17, 15) is 18.5 Å². The molecule has 0 aliphatic rings. The lowest BCUT2D eigenvalue weighted by Crippen LogP contribution is -2.13. The number of aromatic nitrogens is 2. The summed E-state index contributed by atoms with van der Waals surface area (Å²) in [6, 6.07) is 16.0. The summed E-state index contributed by atoms with van der Waals surface area (Å²) in [6.45, 7) is 0.371. The number of hydrogen-bond donors (Lipinski definition) is 1. The summed E-state index contributed by atoms with van der Waals surface area (Å²) in [7, 11) is -3.52. The number of carbonyl (C=O) groups excluding carboxylic acids is 1. The van der Waals surface area contributed by atoms with Gasteiger partial charge in [0.25, 0.3) is 5.91 Å². The quantitative estimate of drug-likeness (QED) is 0.314. The van der Waals surface area contributed by atoms with E-state index >= 15 is 0 Å². The average Bonchev–Trinajstić information content (AvgIpc) is 3.21. The van der Waals surface area contributed by atoms with Gasteiger partial charge in [-0.3, -0.25) is 10.1 Å². The van der Waals surface area contributed by atoms with Crippen molar-refractivity contribution >= 4 is 49.9 Å². The second-order valence-electron chi connectivity index (χ2n) is 6.25. The minimum absolute atomic E-state index is 0.0162. The van der Waals surface area contributed by atoms with E-state index in [4.69, 9.17) is 16.3 Å².